The Labute approximate surface area is 180 Å². The Balaban J connectivity index is 1.58. The Kier molecular flexibility index (Phi) is 7.35. The molecule has 0 bridgehead atoms. The lowest BCUT2D eigenvalue weighted by molar-refractivity contribution is -0.115. The van der Waals surface area contributed by atoms with Gasteiger partial charge in [0.15, 0.2) is 0 Å². The van der Waals surface area contributed by atoms with Crippen molar-refractivity contribution in [1.82, 2.24) is 10.2 Å². The van der Waals surface area contributed by atoms with Gasteiger partial charge in [-0.1, -0.05) is 37.1 Å². The van der Waals surface area contributed by atoms with Gasteiger partial charge in [0.1, 0.15) is 11.5 Å². The summed E-state index contributed by atoms with van der Waals surface area (Å²) < 4.78 is 16.1. The van der Waals surface area contributed by atoms with Gasteiger partial charge in [0.25, 0.3) is 0 Å². The standard InChI is InChI=1S/C22H25N3O4S/c1-14(2)30-18-9-5-15(6-10-18)11-21-24-25-22(29-21)23-20(26)12-16-7-8-17(27-3)13-19(16)28-4/h5-10,13-14H,11-12H2,1-4H3,(H,23,25,26). The van der Waals surface area contributed by atoms with E-state index in [2.05, 4.69) is 41.5 Å². The second-order valence-electron chi connectivity index (χ2n) is 6.89. The molecular weight excluding hydrogens is 402 g/mol. The average molecular weight is 428 g/mol. The van der Waals surface area contributed by atoms with Crippen LogP contribution in [0.15, 0.2) is 51.8 Å². The lowest BCUT2D eigenvalue weighted by Gasteiger charge is -2.09. The van der Waals surface area contributed by atoms with Crippen LogP contribution >= 0.6 is 11.8 Å². The molecular formula is C22H25N3O4S. The zero-order chi connectivity index (χ0) is 21.5. The minimum atomic E-state index is -0.274. The first kappa shape index (κ1) is 21.7. The lowest BCUT2D eigenvalue weighted by atomic mass is 10.1. The zero-order valence-electron chi connectivity index (χ0n) is 17.5. The first-order valence-electron chi connectivity index (χ1n) is 9.55. The van der Waals surface area contributed by atoms with Crippen LogP contribution in [0.3, 0.4) is 0 Å². The van der Waals surface area contributed by atoms with E-state index in [1.165, 1.54) is 4.90 Å². The van der Waals surface area contributed by atoms with E-state index in [1.54, 1.807) is 32.4 Å². The van der Waals surface area contributed by atoms with Gasteiger partial charge in [-0.05, 0) is 23.8 Å². The SMILES string of the molecule is COc1ccc(CC(=O)Nc2nnc(Cc3ccc(SC(C)C)cc3)o2)c(OC)c1. The highest BCUT2D eigenvalue weighted by molar-refractivity contribution is 7.99. The van der Waals surface area contributed by atoms with Crippen molar-refractivity contribution < 1.29 is 18.7 Å². The molecule has 0 saturated heterocycles. The Morgan fingerprint density at radius 2 is 1.87 bits per heavy atom. The van der Waals surface area contributed by atoms with Crippen molar-refractivity contribution in [1.29, 1.82) is 0 Å². The molecule has 0 fully saturated rings. The number of ether oxygens (including phenoxy) is 2. The van der Waals surface area contributed by atoms with Gasteiger partial charge in [0, 0.05) is 21.8 Å². The number of rotatable bonds is 9. The van der Waals surface area contributed by atoms with Gasteiger partial charge in [0.2, 0.25) is 11.8 Å². The first-order valence-corrected chi connectivity index (χ1v) is 10.4. The molecule has 158 valence electrons. The predicted molar refractivity (Wildman–Crippen MR) is 116 cm³/mol. The Morgan fingerprint density at radius 3 is 2.53 bits per heavy atom. The molecule has 0 aliphatic rings. The summed E-state index contributed by atoms with van der Waals surface area (Å²) in [6.45, 7) is 4.33. The number of anilines is 1. The number of amides is 1. The quantitative estimate of drug-likeness (QED) is 0.508. The van der Waals surface area contributed by atoms with Crippen LogP contribution < -0.4 is 14.8 Å². The maximum atomic E-state index is 12.4. The van der Waals surface area contributed by atoms with E-state index in [0.717, 1.165) is 11.1 Å². The number of nitrogens with zero attached hydrogens (tertiary/aromatic N) is 2. The number of hydrogen-bond acceptors (Lipinski definition) is 7. The Bertz CT molecular complexity index is 986. The van der Waals surface area contributed by atoms with E-state index in [-0.39, 0.29) is 18.3 Å². The average Bonchev–Trinajstić information content (AvgIpc) is 3.15. The van der Waals surface area contributed by atoms with Crippen molar-refractivity contribution in [3.8, 4) is 11.5 Å². The van der Waals surface area contributed by atoms with Gasteiger partial charge in [-0.25, -0.2) is 0 Å². The van der Waals surface area contributed by atoms with Crippen LogP contribution in [-0.4, -0.2) is 35.6 Å². The highest BCUT2D eigenvalue weighted by Crippen LogP contribution is 2.26. The fourth-order valence-electron chi connectivity index (χ4n) is 2.84. The number of nitrogens with one attached hydrogen (secondary N) is 1. The molecule has 0 aliphatic heterocycles. The molecule has 1 heterocycles. The minimum Gasteiger partial charge on any atom is -0.497 e. The number of carbonyl (C=O) groups is 1. The van der Waals surface area contributed by atoms with Gasteiger partial charge >= 0.3 is 6.01 Å². The molecule has 0 saturated carbocycles. The summed E-state index contributed by atoms with van der Waals surface area (Å²) in [7, 11) is 3.13. The second kappa shape index (κ2) is 10.2. The lowest BCUT2D eigenvalue weighted by Crippen LogP contribution is -2.15. The van der Waals surface area contributed by atoms with Crippen LogP contribution in [0.1, 0.15) is 30.9 Å². The fourth-order valence-corrected chi connectivity index (χ4v) is 3.68. The number of carbonyl (C=O) groups excluding carboxylic acids is 1. The molecule has 8 heteroatoms. The smallest absolute Gasteiger partial charge is 0.322 e. The number of methoxy groups -OCH3 is 2. The highest BCUT2D eigenvalue weighted by atomic mass is 32.2. The van der Waals surface area contributed by atoms with Crippen LogP contribution in [0.4, 0.5) is 6.01 Å². The molecule has 0 aliphatic carbocycles. The molecule has 3 aromatic rings. The van der Waals surface area contributed by atoms with Gasteiger partial charge in [-0.3, -0.25) is 10.1 Å². The van der Waals surface area contributed by atoms with Crippen LogP contribution in [0, 0.1) is 0 Å². The molecule has 7 nitrogen and oxygen atoms in total. The van der Waals surface area contributed by atoms with Gasteiger partial charge in [0.05, 0.1) is 27.1 Å². The van der Waals surface area contributed by atoms with E-state index in [9.17, 15) is 4.79 Å². The Morgan fingerprint density at radius 1 is 1.10 bits per heavy atom. The summed E-state index contributed by atoms with van der Waals surface area (Å²) in [5.41, 5.74) is 1.79. The van der Waals surface area contributed by atoms with Crippen molar-refractivity contribution in [3.63, 3.8) is 0 Å². The summed E-state index contributed by atoms with van der Waals surface area (Å²) in [4.78, 5) is 13.6. The summed E-state index contributed by atoms with van der Waals surface area (Å²) >= 11 is 1.81. The third kappa shape index (κ3) is 6.00. The summed E-state index contributed by atoms with van der Waals surface area (Å²) in [5, 5.41) is 11.1. The molecule has 0 radical (unpaired) electrons. The third-order valence-electron chi connectivity index (χ3n) is 4.21. The third-order valence-corrected chi connectivity index (χ3v) is 5.22. The molecule has 1 N–H and O–H groups in total. The van der Waals surface area contributed by atoms with E-state index in [0.29, 0.717) is 29.1 Å². The predicted octanol–water partition coefficient (Wildman–Crippen LogP) is 4.36. The molecule has 3 rings (SSSR count). The van der Waals surface area contributed by atoms with Crippen LogP contribution in [0.2, 0.25) is 0 Å². The number of hydrogen-bond donors (Lipinski definition) is 1. The monoisotopic (exact) mass is 427 g/mol. The summed E-state index contributed by atoms with van der Waals surface area (Å²) in [5.74, 6) is 1.41. The molecule has 0 unspecified atom stereocenters. The van der Waals surface area contributed by atoms with Crippen molar-refractivity contribution in [3.05, 3.63) is 59.5 Å². The van der Waals surface area contributed by atoms with Crippen LogP contribution in [0.5, 0.6) is 11.5 Å². The van der Waals surface area contributed by atoms with Crippen LogP contribution in [0.25, 0.3) is 0 Å². The Hall–Kier alpha value is -3.00. The van der Waals surface area contributed by atoms with Gasteiger partial charge in [-0.2, -0.15) is 0 Å². The molecule has 1 amide bonds. The molecule has 1 aromatic heterocycles. The van der Waals surface area contributed by atoms with Crippen molar-refractivity contribution in [2.45, 2.75) is 36.8 Å². The number of benzene rings is 2. The molecule has 0 spiro atoms. The maximum Gasteiger partial charge on any atom is 0.322 e. The highest BCUT2D eigenvalue weighted by Gasteiger charge is 2.14. The van der Waals surface area contributed by atoms with Gasteiger partial charge in [-0.15, -0.1) is 16.9 Å². The largest absolute Gasteiger partial charge is 0.497 e. The summed E-state index contributed by atoms with van der Waals surface area (Å²) in [6.07, 6.45) is 0.613. The normalized spacial score (nSPS) is 10.8. The fraction of sp³-hybridized carbons (Fsp3) is 0.318. The van der Waals surface area contributed by atoms with E-state index >= 15 is 0 Å². The minimum absolute atomic E-state index is 0.0782. The van der Waals surface area contributed by atoms with E-state index in [1.807, 2.05) is 23.9 Å². The topological polar surface area (TPSA) is 86.5 Å². The zero-order valence-corrected chi connectivity index (χ0v) is 18.3. The van der Waals surface area contributed by atoms with Gasteiger partial charge < -0.3 is 13.9 Å². The molecule has 0 atom stereocenters. The van der Waals surface area contributed by atoms with E-state index in [4.69, 9.17) is 13.9 Å². The van der Waals surface area contributed by atoms with Crippen molar-refractivity contribution in [2.75, 3.05) is 19.5 Å². The number of aromatic nitrogens is 2. The van der Waals surface area contributed by atoms with Crippen LogP contribution in [-0.2, 0) is 17.6 Å². The molecule has 2 aromatic carbocycles. The molecule has 30 heavy (non-hydrogen) atoms. The van der Waals surface area contributed by atoms with Crippen molar-refractivity contribution in [2.24, 2.45) is 0 Å². The van der Waals surface area contributed by atoms with Crippen molar-refractivity contribution >= 4 is 23.7 Å². The summed E-state index contributed by atoms with van der Waals surface area (Å²) in [6, 6.07) is 13.6. The second-order valence-corrected chi connectivity index (χ2v) is 8.54. The van der Waals surface area contributed by atoms with E-state index < -0.39 is 0 Å². The maximum absolute atomic E-state index is 12.4. The first-order chi connectivity index (χ1) is 14.5. The number of thioether (sulfide) groups is 1.